The maximum Gasteiger partial charge on any atom is 0.115 e. The first-order valence-corrected chi connectivity index (χ1v) is 2.13. The van der Waals surface area contributed by atoms with Crippen molar-refractivity contribution in [1.82, 2.24) is 0 Å². The molecule has 0 saturated heterocycles. The Morgan fingerprint density at radius 1 is 1.00 bits per heavy atom. The Kier molecular flexibility index (Phi) is 7.05. The monoisotopic (exact) mass is 166 g/mol. The Morgan fingerprint density at radius 3 is 1.67 bits per heavy atom. The van der Waals surface area contributed by atoms with Gasteiger partial charge in [0.25, 0.3) is 0 Å². The Morgan fingerprint density at radius 2 is 1.44 bits per heavy atom. The molecule has 1 aromatic rings. The third kappa shape index (κ3) is 4.02. The van der Waals surface area contributed by atoms with Gasteiger partial charge in [0.2, 0.25) is 0 Å². The SMILES string of the molecule is F.Oc1ccccc1.[Cr]. The number of para-hydroxylation sites is 1. The summed E-state index contributed by atoms with van der Waals surface area (Å²) in [6.07, 6.45) is 0. The van der Waals surface area contributed by atoms with Crippen LogP contribution < -0.4 is 0 Å². The Labute approximate surface area is 63.8 Å². The molecular formula is C6H7CrFO. The third-order valence-corrected chi connectivity index (χ3v) is 0.756. The number of phenolic OH excluding ortho intramolecular Hbond substituents is 1. The maximum atomic E-state index is 8.63. The van der Waals surface area contributed by atoms with Crippen LogP contribution in [0.15, 0.2) is 30.3 Å². The van der Waals surface area contributed by atoms with Crippen LogP contribution in [0.1, 0.15) is 0 Å². The summed E-state index contributed by atoms with van der Waals surface area (Å²) in [6.45, 7) is 0. The van der Waals surface area contributed by atoms with Crippen molar-refractivity contribution in [2.75, 3.05) is 0 Å². The summed E-state index contributed by atoms with van der Waals surface area (Å²) in [7, 11) is 0. The molecule has 1 nitrogen and oxygen atoms in total. The third-order valence-electron chi connectivity index (χ3n) is 0.756. The molecule has 0 saturated carbocycles. The van der Waals surface area contributed by atoms with Crippen molar-refractivity contribution in [3.63, 3.8) is 0 Å². The molecule has 0 bridgehead atoms. The van der Waals surface area contributed by atoms with E-state index in [1.807, 2.05) is 6.07 Å². The normalized spacial score (nSPS) is 6.67. The van der Waals surface area contributed by atoms with E-state index in [-0.39, 0.29) is 22.1 Å². The van der Waals surface area contributed by atoms with Crippen LogP contribution in [0.3, 0.4) is 0 Å². The molecule has 0 aromatic heterocycles. The molecule has 0 spiro atoms. The number of hydrogen-bond donors (Lipinski definition) is 1. The Balaban J connectivity index is 0. The fourth-order valence-corrected chi connectivity index (χ4v) is 0.428. The number of rotatable bonds is 0. The van der Waals surface area contributed by atoms with Gasteiger partial charge in [-0.15, -0.1) is 0 Å². The molecular weight excluding hydrogens is 159 g/mol. The summed E-state index contributed by atoms with van der Waals surface area (Å²) in [6, 6.07) is 8.71. The smallest absolute Gasteiger partial charge is 0.115 e. The minimum absolute atomic E-state index is 0. The number of halogens is 1. The van der Waals surface area contributed by atoms with E-state index in [1.165, 1.54) is 0 Å². The molecule has 0 aliphatic rings. The minimum atomic E-state index is 0. The summed E-state index contributed by atoms with van der Waals surface area (Å²) >= 11 is 0. The van der Waals surface area contributed by atoms with E-state index in [2.05, 4.69) is 0 Å². The molecule has 0 aliphatic heterocycles. The molecule has 0 unspecified atom stereocenters. The molecule has 0 amide bonds. The van der Waals surface area contributed by atoms with Gasteiger partial charge in [-0.25, -0.2) is 0 Å². The van der Waals surface area contributed by atoms with E-state index in [9.17, 15) is 0 Å². The van der Waals surface area contributed by atoms with Gasteiger partial charge in [-0.2, -0.15) is 0 Å². The Hall–Kier alpha value is -0.518. The minimum Gasteiger partial charge on any atom is -0.508 e. The summed E-state index contributed by atoms with van der Waals surface area (Å²) < 4.78 is 0. The van der Waals surface area contributed by atoms with Gasteiger partial charge in [0, 0.05) is 17.4 Å². The number of aromatic hydroxyl groups is 1. The maximum absolute atomic E-state index is 8.63. The largest absolute Gasteiger partial charge is 0.508 e. The van der Waals surface area contributed by atoms with Crippen molar-refractivity contribution in [2.45, 2.75) is 0 Å². The number of phenols is 1. The fraction of sp³-hybridized carbons (Fsp3) is 0. The quantitative estimate of drug-likeness (QED) is 0.619. The van der Waals surface area contributed by atoms with E-state index in [0.29, 0.717) is 5.75 Å². The van der Waals surface area contributed by atoms with Crippen molar-refractivity contribution < 1.29 is 27.2 Å². The molecule has 0 atom stereocenters. The zero-order valence-corrected chi connectivity index (χ0v) is 5.93. The molecule has 3 heteroatoms. The van der Waals surface area contributed by atoms with Gasteiger partial charge in [0.05, 0.1) is 0 Å². The van der Waals surface area contributed by atoms with Crippen LogP contribution in [0.2, 0.25) is 0 Å². The average Bonchev–Trinajstić information content (AvgIpc) is 1.69. The number of benzene rings is 1. The molecule has 1 rings (SSSR count). The zero-order valence-electron chi connectivity index (χ0n) is 4.65. The summed E-state index contributed by atoms with van der Waals surface area (Å²) in [5.74, 6) is 0.322. The van der Waals surface area contributed by atoms with E-state index >= 15 is 0 Å². The van der Waals surface area contributed by atoms with Crippen LogP contribution >= 0.6 is 0 Å². The van der Waals surface area contributed by atoms with E-state index in [0.717, 1.165) is 0 Å². The van der Waals surface area contributed by atoms with Crippen LogP contribution in [-0.4, -0.2) is 5.11 Å². The van der Waals surface area contributed by atoms with Crippen molar-refractivity contribution >= 4 is 0 Å². The second-order valence-corrected chi connectivity index (χ2v) is 1.34. The Bertz CT molecular complexity index is 143. The van der Waals surface area contributed by atoms with E-state index in [1.54, 1.807) is 24.3 Å². The summed E-state index contributed by atoms with van der Waals surface area (Å²) in [5, 5.41) is 8.63. The summed E-state index contributed by atoms with van der Waals surface area (Å²) in [4.78, 5) is 0. The van der Waals surface area contributed by atoms with Crippen molar-refractivity contribution in [2.24, 2.45) is 0 Å². The fourth-order valence-electron chi connectivity index (χ4n) is 0.428. The van der Waals surface area contributed by atoms with Crippen LogP contribution in [0, 0.1) is 0 Å². The van der Waals surface area contributed by atoms with Gasteiger partial charge in [-0.05, 0) is 12.1 Å². The van der Waals surface area contributed by atoms with Gasteiger partial charge < -0.3 is 5.11 Å². The van der Waals surface area contributed by atoms with Crippen LogP contribution in [0.25, 0.3) is 0 Å². The van der Waals surface area contributed by atoms with Crippen LogP contribution in [0.5, 0.6) is 5.75 Å². The predicted octanol–water partition coefficient (Wildman–Crippen LogP) is 1.54. The summed E-state index contributed by atoms with van der Waals surface area (Å²) in [5.41, 5.74) is 0. The standard InChI is InChI=1S/C6H6O.Cr.FH/c7-6-4-2-1-3-5-6;;/h1-5,7H;;1H. The van der Waals surface area contributed by atoms with Gasteiger partial charge in [-0.3, -0.25) is 4.70 Å². The number of hydrogen-bond acceptors (Lipinski definition) is 1. The van der Waals surface area contributed by atoms with E-state index in [4.69, 9.17) is 5.11 Å². The molecule has 1 aromatic carbocycles. The molecule has 1 N–H and O–H groups in total. The average molecular weight is 166 g/mol. The van der Waals surface area contributed by atoms with Crippen molar-refractivity contribution in [1.29, 1.82) is 0 Å². The first kappa shape index (κ1) is 11.3. The molecule has 9 heavy (non-hydrogen) atoms. The van der Waals surface area contributed by atoms with Gasteiger partial charge in [0.1, 0.15) is 5.75 Å². The van der Waals surface area contributed by atoms with Crippen LogP contribution in [0.4, 0.5) is 4.70 Å². The van der Waals surface area contributed by atoms with Crippen molar-refractivity contribution in [3.8, 4) is 5.75 Å². The zero-order chi connectivity index (χ0) is 5.11. The van der Waals surface area contributed by atoms with Gasteiger partial charge >= 0.3 is 0 Å². The molecule has 0 fully saturated rings. The topological polar surface area (TPSA) is 20.2 Å². The van der Waals surface area contributed by atoms with E-state index < -0.39 is 0 Å². The molecule has 0 aliphatic carbocycles. The van der Waals surface area contributed by atoms with Crippen LogP contribution in [-0.2, 0) is 17.4 Å². The molecule has 0 radical (unpaired) electrons. The predicted molar refractivity (Wildman–Crippen MR) is 30.6 cm³/mol. The molecule has 50 valence electrons. The second kappa shape index (κ2) is 5.62. The second-order valence-electron chi connectivity index (χ2n) is 1.34. The first-order chi connectivity index (χ1) is 3.39. The van der Waals surface area contributed by atoms with Gasteiger partial charge in [0.15, 0.2) is 0 Å². The van der Waals surface area contributed by atoms with Crippen molar-refractivity contribution in [3.05, 3.63) is 30.3 Å². The molecule has 0 heterocycles. The van der Waals surface area contributed by atoms with Gasteiger partial charge in [-0.1, -0.05) is 18.2 Å². The first-order valence-electron chi connectivity index (χ1n) is 2.13.